The average Bonchev–Trinajstić information content (AvgIpc) is 3.13. The summed E-state index contributed by atoms with van der Waals surface area (Å²) in [4.78, 5) is 39.8. The van der Waals surface area contributed by atoms with E-state index in [9.17, 15) is 14.4 Å². The first-order valence-corrected chi connectivity index (χ1v) is 10.7. The fraction of sp³-hybridized carbons (Fsp3) is 0.591. The topological polar surface area (TPSA) is 90.5 Å². The number of carbonyl (C=O) groups excluding carboxylic acids is 3. The Morgan fingerprint density at radius 2 is 1.97 bits per heavy atom. The van der Waals surface area contributed by atoms with E-state index in [0.29, 0.717) is 24.9 Å². The molecule has 0 bridgehead atoms. The van der Waals surface area contributed by atoms with Gasteiger partial charge in [-0.25, -0.2) is 0 Å². The van der Waals surface area contributed by atoms with Gasteiger partial charge in [-0.2, -0.15) is 0 Å². The molecule has 1 saturated carbocycles. The number of nitrogens with zero attached hydrogens (tertiary/aromatic N) is 1. The van der Waals surface area contributed by atoms with E-state index in [4.69, 9.17) is 0 Å². The molecule has 7 nitrogen and oxygen atoms in total. The number of likely N-dealkylation sites (tertiary alicyclic amines) is 1. The monoisotopic (exact) mass is 398 g/mol. The molecule has 4 rings (SSSR count). The number of anilines is 1. The van der Waals surface area contributed by atoms with Crippen LogP contribution in [0.15, 0.2) is 18.2 Å². The maximum atomic E-state index is 12.8. The number of carbonyl (C=O) groups is 3. The Morgan fingerprint density at radius 1 is 1.21 bits per heavy atom. The maximum Gasteiger partial charge on any atom is 0.255 e. The highest BCUT2D eigenvalue weighted by Crippen LogP contribution is 2.32. The average molecular weight is 399 g/mol. The number of hydrogen-bond acceptors (Lipinski definition) is 4. The molecule has 1 aliphatic carbocycles. The molecular formula is C22H30N4O3. The van der Waals surface area contributed by atoms with E-state index in [-0.39, 0.29) is 30.2 Å². The number of aryl methyl sites for hydroxylation is 1. The van der Waals surface area contributed by atoms with Crippen LogP contribution >= 0.6 is 0 Å². The minimum Gasteiger partial charge on any atom is -0.362 e. The van der Waals surface area contributed by atoms with Crippen LogP contribution in [0.4, 0.5) is 5.69 Å². The molecule has 2 aliphatic heterocycles. The quantitative estimate of drug-likeness (QED) is 0.729. The van der Waals surface area contributed by atoms with Crippen molar-refractivity contribution in [3.63, 3.8) is 0 Å². The van der Waals surface area contributed by atoms with E-state index in [1.807, 2.05) is 25.1 Å². The lowest BCUT2D eigenvalue weighted by Gasteiger charge is -2.40. The van der Waals surface area contributed by atoms with Crippen molar-refractivity contribution in [2.75, 3.05) is 11.9 Å². The lowest BCUT2D eigenvalue weighted by atomic mass is 9.94. The molecule has 2 fully saturated rings. The van der Waals surface area contributed by atoms with Crippen LogP contribution in [0.1, 0.15) is 67.8 Å². The number of hydrogen-bond donors (Lipinski definition) is 3. The van der Waals surface area contributed by atoms with Crippen LogP contribution in [0.3, 0.4) is 0 Å². The number of benzene rings is 1. The lowest BCUT2D eigenvalue weighted by Crippen LogP contribution is -2.58. The fourth-order valence-corrected chi connectivity index (χ4v) is 4.75. The molecule has 2 atom stereocenters. The smallest absolute Gasteiger partial charge is 0.255 e. The van der Waals surface area contributed by atoms with E-state index in [0.717, 1.165) is 36.9 Å². The van der Waals surface area contributed by atoms with Crippen molar-refractivity contribution in [2.45, 2.75) is 76.5 Å². The van der Waals surface area contributed by atoms with Gasteiger partial charge < -0.3 is 20.9 Å². The summed E-state index contributed by atoms with van der Waals surface area (Å²) in [5, 5.41) is 9.66. The van der Waals surface area contributed by atoms with Crippen LogP contribution < -0.4 is 16.0 Å². The lowest BCUT2D eigenvalue weighted by molar-refractivity contribution is -0.139. The number of nitrogens with one attached hydrogen (secondary N) is 3. The highest BCUT2D eigenvalue weighted by atomic mass is 16.2. The van der Waals surface area contributed by atoms with Crippen molar-refractivity contribution in [1.82, 2.24) is 15.5 Å². The van der Waals surface area contributed by atoms with Gasteiger partial charge in [-0.15, -0.1) is 0 Å². The minimum atomic E-state index is -0.663. The molecule has 3 aliphatic rings. The summed E-state index contributed by atoms with van der Waals surface area (Å²) in [5.74, 6) is -0.239. The number of rotatable bonds is 3. The van der Waals surface area contributed by atoms with Crippen molar-refractivity contribution in [3.05, 3.63) is 29.3 Å². The summed E-state index contributed by atoms with van der Waals surface area (Å²) in [7, 11) is 0. The van der Waals surface area contributed by atoms with Crippen molar-refractivity contribution in [2.24, 2.45) is 0 Å². The zero-order valence-corrected chi connectivity index (χ0v) is 17.2. The van der Waals surface area contributed by atoms with E-state index in [1.165, 1.54) is 0 Å². The van der Waals surface area contributed by atoms with Gasteiger partial charge in [0.25, 0.3) is 5.91 Å². The zero-order valence-electron chi connectivity index (χ0n) is 17.2. The van der Waals surface area contributed by atoms with Gasteiger partial charge in [-0.3, -0.25) is 14.4 Å². The second-order valence-corrected chi connectivity index (χ2v) is 8.71. The molecule has 1 saturated heterocycles. The van der Waals surface area contributed by atoms with E-state index < -0.39 is 11.7 Å². The van der Waals surface area contributed by atoms with Crippen LogP contribution in [0, 0.1) is 6.92 Å². The van der Waals surface area contributed by atoms with Crippen LogP contribution in [0.2, 0.25) is 0 Å². The van der Waals surface area contributed by atoms with Gasteiger partial charge in [0.15, 0.2) is 0 Å². The van der Waals surface area contributed by atoms with Gasteiger partial charge in [-0.1, -0.05) is 18.9 Å². The molecule has 7 heteroatoms. The zero-order chi connectivity index (χ0) is 20.6. The summed E-state index contributed by atoms with van der Waals surface area (Å²) in [6, 6.07) is 5.44. The summed E-state index contributed by atoms with van der Waals surface area (Å²) in [5.41, 5.74) is 1.84. The summed E-state index contributed by atoms with van der Waals surface area (Å²) >= 11 is 0. The van der Waals surface area contributed by atoms with Gasteiger partial charge in [0.05, 0.1) is 5.56 Å². The summed E-state index contributed by atoms with van der Waals surface area (Å²) in [6.45, 7) is 4.21. The van der Waals surface area contributed by atoms with Gasteiger partial charge in [0.2, 0.25) is 11.8 Å². The summed E-state index contributed by atoms with van der Waals surface area (Å²) < 4.78 is 0. The fourth-order valence-electron chi connectivity index (χ4n) is 4.75. The van der Waals surface area contributed by atoms with E-state index in [2.05, 4.69) is 16.0 Å². The molecular weight excluding hydrogens is 368 g/mol. The molecule has 1 aromatic rings. The summed E-state index contributed by atoms with van der Waals surface area (Å²) in [6.07, 6.45) is 5.68. The molecule has 1 aromatic carbocycles. The van der Waals surface area contributed by atoms with E-state index >= 15 is 0 Å². The molecule has 0 unspecified atom stereocenters. The van der Waals surface area contributed by atoms with E-state index in [1.54, 1.807) is 11.8 Å². The number of amides is 3. The van der Waals surface area contributed by atoms with Crippen molar-refractivity contribution in [3.8, 4) is 0 Å². The molecule has 0 aromatic heterocycles. The van der Waals surface area contributed by atoms with Crippen LogP contribution in [0.5, 0.6) is 0 Å². The Labute approximate surface area is 171 Å². The Morgan fingerprint density at radius 3 is 2.72 bits per heavy atom. The Kier molecular flexibility index (Phi) is 5.23. The Balaban J connectivity index is 1.47. The third-order valence-corrected chi connectivity index (χ3v) is 6.56. The second-order valence-electron chi connectivity index (χ2n) is 8.71. The largest absolute Gasteiger partial charge is 0.362 e. The first kappa shape index (κ1) is 19.7. The predicted molar refractivity (Wildman–Crippen MR) is 110 cm³/mol. The van der Waals surface area contributed by atoms with Crippen molar-refractivity contribution >= 4 is 23.4 Å². The molecule has 156 valence electrons. The Hall–Kier alpha value is -2.57. The molecule has 2 heterocycles. The van der Waals surface area contributed by atoms with Crippen molar-refractivity contribution in [1.29, 1.82) is 0 Å². The SMILES string of the molecule is Cc1ccc2c(c1)N[C@@]1(CCC(=O)N([C@H](C)C(=O)NC3CCCC3)CC1)NC2=O. The molecule has 3 N–H and O–H groups in total. The van der Waals surface area contributed by atoms with Crippen LogP contribution in [-0.4, -0.2) is 46.9 Å². The molecule has 1 spiro atoms. The number of fused-ring (bicyclic) bond motifs is 1. The second kappa shape index (κ2) is 7.69. The minimum absolute atomic E-state index is 0.0398. The first-order valence-electron chi connectivity index (χ1n) is 10.7. The van der Waals surface area contributed by atoms with Gasteiger partial charge >= 0.3 is 0 Å². The highest BCUT2D eigenvalue weighted by Gasteiger charge is 2.42. The third kappa shape index (κ3) is 3.95. The van der Waals surface area contributed by atoms with Crippen LogP contribution in [-0.2, 0) is 9.59 Å². The third-order valence-electron chi connectivity index (χ3n) is 6.56. The standard InChI is InChI=1S/C22H30N4O3/c1-14-7-8-17-18(13-14)24-22(25-21(17)29)10-9-19(27)26(12-11-22)15(2)20(28)23-16-5-3-4-6-16/h7-8,13,15-16,24H,3-6,9-12H2,1-2H3,(H,23,28)(H,25,29)/t15-,22+/m1/s1. The molecule has 29 heavy (non-hydrogen) atoms. The maximum absolute atomic E-state index is 12.8. The normalized spacial score (nSPS) is 25.8. The molecule has 0 radical (unpaired) electrons. The van der Waals surface area contributed by atoms with Crippen LogP contribution in [0.25, 0.3) is 0 Å². The van der Waals surface area contributed by atoms with Crippen molar-refractivity contribution < 1.29 is 14.4 Å². The Bertz CT molecular complexity index is 833. The van der Waals surface area contributed by atoms with Gasteiger partial charge in [-0.05, 0) is 50.8 Å². The first-order chi connectivity index (χ1) is 13.9. The predicted octanol–water partition coefficient (Wildman–Crippen LogP) is 2.31. The van der Waals surface area contributed by atoms with Gasteiger partial charge in [0, 0.05) is 31.1 Å². The molecule has 3 amide bonds. The highest BCUT2D eigenvalue weighted by molar-refractivity contribution is 6.02. The van der Waals surface area contributed by atoms with Gasteiger partial charge in [0.1, 0.15) is 11.7 Å².